The van der Waals surface area contributed by atoms with Crippen molar-refractivity contribution in [1.82, 2.24) is 15.2 Å². The number of nitrogens with zero attached hydrogens (tertiary/aromatic N) is 2. The van der Waals surface area contributed by atoms with Gasteiger partial charge in [-0.05, 0) is 18.3 Å². The molecule has 0 spiro atoms. The zero-order valence-electron chi connectivity index (χ0n) is 10.9. The second-order valence-corrected chi connectivity index (χ2v) is 5.18. The van der Waals surface area contributed by atoms with Crippen LogP contribution in [-0.2, 0) is 7.05 Å². The van der Waals surface area contributed by atoms with Crippen LogP contribution in [0.15, 0.2) is 6.20 Å². The van der Waals surface area contributed by atoms with Gasteiger partial charge in [-0.2, -0.15) is 5.10 Å². The molecule has 5 heteroatoms. The predicted molar refractivity (Wildman–Crippen MR) is 66.4 cm³/mol. The van der Waals surface area contributed by atoms with Crippen molar-refractivity contribution in [2.45, 2.75) is 38.6 Å². The van der Waals surface area contributed by atoms with Gasteiger partial charge < -0.3 is 4.74 Å². The van der Waals surface area contributed by atoms with Crippen LogP contribution >= 0.6 is 0 Å². The van der Waals surface area contributed by atoms with E-state index in [1.165, 1.54) is 25.7 Å². The lowest BCUT2D eigenvalue weighted by Crippen LogP contribution is -2.40. The number of nitrogens with one attached hydrogen (secondary N) is 1. The molecule has 5 nitrogen and oxygen atoms in total. The summed E-state index contributed by atoms with van der Waals surface area (Å²) < 4.78 is 7.23. The highest BCUT2D eigenvalue weighted by Gasteiger charge is 2.40. The summed E-state index contributed by atoms with van der Waals surface area (Å²) >= 11 is 0. The highest BCUT2D eigenvalue weighted by atomic mass is 16.5. The van der Waals surface area contributed by atoms with Gasteiger partial charge in [-0.1, -0.05) is 19.8 Å². The van der Waals surface area contributed by atoms with Gasteiger partial charge in [0.05, 0.1) is 25.0 Å². The third-order valence-electron chi connectivity index (χ3n) is 4.05. The highest BCUT2D eigenvalue weighted by Crippen LogP contribution is 2.48. The number of hydrazine groups is 1. The zero-order valence-corrected chi connectivity index (χ0v) is 10.9. The summed E-state index contributed by atoms with van der Waals surface area (Å²) in [4.78, 5) is 0. The summed E-state index contributed by atoms with van der Waals surface area (Å²) in [5, 5.41) is 4.25. The van der Waals surface area contributed by atoms with E-state index in [2.05, 4.69) is 17.4 Å². The van der Waals surface area contributed by atoms with Gasteiger partial charge in [0.2, 0.25) is 0 Å². The van der Waals surface area contributed by atoms with E-state index in [0.717, 1.165) is 11.4 Å². The van der Waals surface area contributed by atoms with Crippen molar-refractivity contribution in [3.63, 3.8) is 0 Å². The first kappa shape index (κ1) is 12.4. The van der Waals surface area contributed by atoms with Gasteiger partial charge in [0, 0.05) is 7.05 Å². The third-order valence-corrected chi connectivity index (χ3v) is 4.05. The van der Waals surface area contributed by atoms with Gasteiger partial charge in [0.15, 0.2) is 5.75 Å². The summed E-state index contributed by atoms with van der Waals surface area (Å²) in [6, 6.07) is 0.0902. The minimum absolute atomic E-state index is 0.0902. The average molecular weight is 238 g/mol. The molecule has 1 aliphatic rings. The molecule has 3 N–H and O–H groups in total. The quantitative estimate of drug-likeness (QED) is 0.616. The molecule has 1 heterocycles. The summed E-state index contributed by atoms with van der Waals surface area (Å²) in [7, 11) is 3.60. The Hall–Kier alpha value is -1.07. The fraction of sp³-hybridized carbons (Fsp3) is 0.750. The molecule has 96 valence electrons. The first-order chi connectivity index (χ1) is 8.12. The van der Waals surface area contributed by atoms with Crippen LogP contribution < -0.4 is 16.0 Å². The molecular weight excluding hydrogens is 216 g/mol. The van der Waals surface area contributed by atoms with Crippen LogP contribution in [0.2, 0.25) is 0 Å². The molecule has 0 bridgehead atoms. The maximum Gasteiger partial charge on any atom is 0.161 e. The van der Waals surface area contributed by atoms with Crippen molar-refractivity contribution in [2.24, 2.45) is 18.3 Å². The number of nitrogens with two attached hydrogens (primary N) is 1. The number of methoxy groups -OCH3 is 1. The largest absolute Gasteiger partial charge is 0.493 e. The molecule has 1 aromatic rings. The van der Waals surface area contributed by atoms with E-state index in [4.69, 9.17) is 10.6 Å². The smallest absolute Gasteiger partial charge is 0.161 e. The van der Waals surface area contributed by atoms with E-state index in [0.29, 0.717) is 0 Å². The fourth-order valence-electron chi connectivity index (χ4n) is 2.99. The van der Waals surface area contributed by atoms with Crippen LogP contribution in [0.3, 0.4) is 0 Å². The van der Waals surface area contributed by atoms with E-state index in [1.54, 1.807) is 13.3 Å². The molecule has 2 rings (SSSR count). The molecule has 0 radical (unpaired) electrons. The van der Waals surface area contributed by atoms with Crippen LogP contribution in [-0.4, -0.2) is 16.9 Å². The second kappa shape index (κ2) is 4.66. The molecule has 1 aliphatic carbocycles. The molecule has 17 heavy (non-hydrogen) atoms. The standard InChI is InChI=1S/C12H22N4O/c1-12(6-4-5-7-12)11(15-13)10-9(17-3)8-14-16(10)2/h8,11,15H,4-7,13H2,1-3H3. The number of aryl methyl sites for hydroxylation is 1. The lowest BCUT2D eigenvalue weighted by Gasteiger charge is -2.33. The van der Waals surface area contributed by atoms with Gasteiger partial charge >= 0.3 is 0 Å². The summed E-state index contributed by atoms with van der Waals surface area (Å²) in [5.74, 6) is 6.58. The molecule has 0 aliphatic heterocycles. The first-order valence-corrected chi connectivity index (χ1v) is 6.14. The number of aromatic nitrogens is 2. The van der Waals surface area contributed by atoms with Gasteiger partial charge in [-0.25, -0.2) is 0 Å². The van der Waals surface area contributed by atoms with Crippen LogP contribution in [0.1, 0.15) is 44.3 Å². The highest BCUT2D eigenvalue weighted by molar-refractivity contribution is 5.29. The molecule has 0 aromatic carbocycles. The Morgan fingerprint density at radius 1 is 1.53 bits per heavy atom. The number of hydrogen-bond donors (Lipinski definition) is 2. The molecule has 0 amide bonds. The first-order valence-electron chi connectivity index (χ1n) is 6.14. The van der Waals surface area contributed by atoms with Crippen molar-refractivity contribution >= 4 is 0 Å². The molecule has 1 aromatic heterocycles. The van der Waals surface area contributed by atoms with E-state index in [1.807, 2.05) is 11.7 Å². The van der Waals surface area contributed by atoms with E-state index in [-0.39, 0.29) is 11.5 Å². The Morgan fingerprint density at radius 3 is 2.71 bits per heavy atom. The molecule has 1 fully saturated rings. The lowest BCUT2D eigenvalue weighted by molar-refractivity contribution is 0.211. The number of ether oxygens (including phenoxy) is 1. The Labute approximate surface area is 102 Å². The van der Waals surface area contributed by atoms with Crippen LogP contribution in [0.25, 0.3) is 0 Å². The van der Waals surface area contributed by atoms with Crippen LogP contribution in [0.5, 0.6) is 5.75 Å². The molecule has 1 atom stereocenters. The minimum Gasteiger partial charge on any atom is -0.493 e. The number of hydrogen-bond acceptors (Lipinski definition) is 4. The Morgan fingerprint density at radius 2 is 2.18 bits per heavy atom. The second-order valence-electron chi connectivity index (χ2n) is 5.18. The summed E-state index contributed by atoms with van der Waals surface area (Å²) in [6.45, 7) is 2.29. The molecule has 1 unspecified atom stereocenters. The van der Waals surface area contributed by atoms with Crippen molar-refractivity contribution < 1.29 is 4.74 Å². The monoisotopic (exact) mass is 238 g/mol. The Bertz CT molecular complexity index is 382. The number of rotatable bonds is 4. The third kappa shape index (κ3) is 2.05. The van der Waals surface area contributed by atoms with Crippen molar-refractivity contribution in [1.29, 1.82) is 0 Å². The van der Waals surface area contributed by atoms with Gasteiger partial charge in [0.1, 0.15) is 0 Å². The van der Waals surface area contributed by atoms with E-state index < -0.39 is 0 Å². The van der Waals surface area contributed by atoms with Gasteiger partial charge in [0.25, 0.3) is 0 Å². The maximum absolute atomic E-state index is 5.77. The van der Waals surface area contributed by atoms with E-state index >= 15 is 0 Å². The Kier molecular flexibility index (Phi) is 3.40. The molecular formula is C12H22N4O. The van der Waals surface area contributed by atoms with Gasteiger partial charge in [-0.3, -0.25) is 16.0 Å². The molecule has 1 saturated carbocycles. The maximum atomic E-state index is 5.77. The topological polar surface area (TPSA) is 65.1 Å². The normalized spacial score (nSPS) is 20.5. The average Bonchev–Trinajstić information content (AvgIpc) is 2.89. The van der Waals surface area contributed by atoms with Crippen molar-refractivity contribution in [2.75, 3.05) is 7.11 Å². The molecule has 0 saturated heterocycles. The fourth-order valence-corrected chi connectivity index (χ4v) is 2.99. The SMILES string of the molecule is COc1cnn(C)c1C(NN)C1(C)CCCC1. The van der Waals surface area contributed by atoms with Crippen LogP contribution in [0.4, 0.5) is 0 Å². The lowest BCUT2D eigenvalue weighted by atomic mass is 9.79. The van der Waals surface area contributed by atoms with Crippen molar-refractivity contribution in [3.8, 4) is 5.75 Å². The van der Waals surface area contributed by atoms with Crippen molar-refractivity contribution in [3.05, 3.63) is 11.9 Å². The Balaban J connectivity index is 2.37. The summed E-state index contributed by atoms with van der Waals surface area (Å²) in [5.41, 5.74) is 4.19. The van der Waals surface area contributed by atoms with Gasteiger partial charge in [-0.15, -0.1) is 0 Å². The minimum atomic E-state index is 0.0902. The predicted octanol–water partition coefficient (Wildman–Crippen LogP) is 1.51. The summed E-state index contributed by atoms with van der Waals surface area (Å²) in [6.07, 6.45) is 6.67. The van der Waals surface area contributed by atoms with Crippen LogP contribution in [0, 0.1) is 5.41 Å². The zero-order chi connectivity index (χ0) is 12.5. The van der Waals surface area contributed by atoms with E-state index in [9.17, 15) is 0 Å².